The average Bonchev–Trinajstić information content (AvgIpc) is 2.55. The zero-order chi connectivity index (χ0) is 15.7. The summed E-state index contributed by atoms with van der Waals surface area (Å²) in [5.41, 5.74) is 1.09. The topological polar surface area (TPSA) is 20.3 Å². The first-order valence-electron chi connectivity index (χ1n) is 6.79. The first-order chi connectivity index (χ1) is 10.6. The first kappa shape index (κ1) is 14.7. The fraction of sp³-hybridized carbons (Fsp3) is 0.0556. The number of fused-ring (bicyclic) bond motifs is 1. The van der Waals surface area contributed by atoms with Crippen molar-refractivity contribution in [3.63, 3.8) is 0 Å². The second kappa shape index (κ2) is 5.89. The Hall–Kier alpha value is -2.20. The Morgan fingerprint density at radius 3 is 2.59 bits per heavy atom. The number of carbonyl (C=O) groups is 1. The molecule has 0 aliphatic heterocycles. The van der Waals surface area contributed by atoms with E-state index in [4.69, 9.17) is 0 Å². The van der Waals surface area contributed by atoms with Gasteiger partial charge >= 0.3 is 0 Å². The molecule has 0 atom stereocenters. The molecule has 0 saturated carbocycles. The van der Waals surface area contributed by atoms with E-state index in [1.54, 1.807) is 18.0 Å². The molecule has 110 valence electrons. The Labute approximate surface area is 136 Å². The minimum atomic E-state index is -0.433. The van der Waals surface area contributed by atoms with Crippen LogP contribution >= 0.6 is 15.9 Å². The molecular weight excluding hydrogens is 345 g/mol. The summed E-state index contributed by atoms with van der Waals surface area (Å²) in [6.45, 7) is 0. The molecule has 0 aliphatic carbocycles. The number of carbonyl (C=O) groups excluding carboxylic acids is 1. The molecule has 0 fully saturated rings. The molecule has 2 nitrogen and oxygen atoms in total. The van der Waals surface area contributed by atoms with E-state index < -0.39 is 5.82 Å². The normalized spacial score (nSPS) is 10.7. The van der Waals surface area contributed by atoms with Gasteiger partial charge in [0, 0.05) is 16.9 Å². The third-order valence-corrected chi connectivity index (χ3v) is 4.28. The zero-order valence-electron chi connectivity index (χ0n) is 11.9. The minimum Gasteiger partial charge on any atom is -0.311 e. The molecule has 22 heavy (non-hydrogen) atoms. The highest BCUT2D eigenvalue weighted by Crippen LogP contribution is 2.28. The Morgan fingerprint density at radius 2 is 1.77 bits per heavy atom. The third kappa shape index (κ3) is 2.62. The smallest absolute Gasteiger partial charge is 0.259 e. The molecule has 0 aliphatic rings. The third-order valence-electron chi connectivity index (χ3n) is 3.59. The summed E-state index contributed by atoms with van der Waals surface area (Å²) in [6, 6.07) is 17.7. The Kier molecular flexibility index (Phi) is 3.94. The van der Waals surface area contributed by atoms with Crippen molar-refractivity contribution in [1.29, 1.82) is 0 Å². The van der Waals surface area contributed by atoms with Crippen LogP contribution in [0.5, 0.6) is 0 Å². The summed E-state index contributed by atoms with van der Waals surface area (Å²) in [7, 11) is 1.70. The van der Waals surface area contributed by atoms with Gasteiger partial charge in [0.2, 0.25) is 0 Å². The maximum absolute atomic E-state index is 13.4. The van der Waals surface area contributed by atoms with Gasteiger partial charge in [0.05, 0.1) is 11.3 Å². The summed E-state index contributed by atoms with van der Waals surface area (Å²) in [4.78, 5) is 14.2. The van der Waals surface area contributed by atoms with Crippen LogP contribution in [0.4, 0.5) is 10.1 Å². The van der Waals surface area contributed by atoms with Crippen LogP contribution in [0.2, 0.25) is 0 Å². The lowest BCUT2D eigenvalue weighted by Crippen LogP contribution is -2.26. The van der Waals surface area contributed by atoms with E-state index in [0.717, 1.165) is 16.5 Å². The van der Waals surface area contributed by atoms with E-state index in [-0.39, 0.29) is 5.91 Å². The molecule has 0 spiro atoms. The number of hydrogen-bond donors (Lipinski definition) is 0. The maximum atomic E-state index is 13.4. The van der Waals surface area contributed by atoms with Crippen molar-refractivity contribution >= 4 is 38.3 Å². The van der Waals surface area contributed by atoms with E-state index in [0.29, 0.717) is 10.0 Å². The Morgan fingerprint density at radius 1 is 1.05 bits per heavy atom. The van der Waals surface area contributed by atoms with Crippen molar-refractivity contribution in [2.45, 2.75) is 0 Å². The average molecular weight is 358 g/mol. The number of anilines is 1. The van der Waals surface area contributed by atoms with Crippen LogP contribution in [0, 0.1) is 5.82 Å². The fourth-order valence-corrected chi connectivity index (χ4v) is 2.87. The molecule has 0 bridgehead atoms. The van der Waals surface area contributed by atoms with E-state index in [2.05, 4.69) is 15.9 Å². The lowest BCUT2D eigenvalue weighted by molar-refractivity contribution is 0.0992. The Bertz CT molecular complexity index is 857. The highest BCUT2D eigenvalue weighted by atomic mass is 79.9. The van der Waals surface area contributed by atoms with Gasteiger partial charge < -0.3 is 4.90 Å². The molecule has 0 N–H and O–H groups in total. The molecule has 4 heteroatoms. The molecule has 0 radical (unpaired) electrons. The van der Waals surface area contributed by atoms with E-state index >= 15 is 0 Å². The number of rotatable bonds is 2. The number of hydrogen-bond acceptors (Lipinski definition) is 1. The van der Waals surface area contributed by atoms with Crippen molar-refractivity contribution in [2.75, 3.05) is 11.9 Å². The van der Waals surface area contributed by atoms with Crippen molar-refractivity contribution in [2.24, 2.45) is 0 Å². The van der Waals surface area contributed by atoms with Gasteiger partial charge in [0.1, 0.15) is 5.82 Å². The van der Waals surface area contributed by atoms with Crippen LogP contribution in [-0.4, -0.2) is 13.0 Å². The predicted molar refractivity (Wildman–Crippen MR) is 90.8 cm³/mol. The van der Waals surface area contributed by atoms with Crippen molar-refractivity contribution < 1.29 is 9.18 Å². The second-order valence-electron chi connectivity index (χ2n) is 4.99. The van der Waals surface area contributed by atoms with Gasteiger partial charge in [-0.15, -0.1) is 0 Å². The lowest BCUT2D eigenvalue weighted by Gasteiger charge is -2.20. The van der Waals surface area contributed by atoms with Gasteiger partial charge in [-0.1, -0.05) is 36.4 Å². The van der Waals surface area contributed by atoms with Crippen LogP contribution in [0.15, 0.2) is 65.1 Å². The minimum absolute atomic E-state index is 0.261. The van der Waals surface area contributed by atoms with Gasteiger partial charge in [0.15, 0.2) is 0 Å². The molecule has 3 rings (SSSR count). The SMILES string of the molecule is CN(C(=O)c1cc(F)ccc1Br)c1cccc2ccccc12. The lowest BCUT2D eigenvalue weighted by atomic mass is 10.1. The highest BCUT2D eigenvalue weighted by Gasteiger charge is 2.18. The summed E-state index contributed by atoms with van der Waals surface area (Å²) in [5, 5.41) is 2.03. The van der Waals surface area contributed by atoms with Gasteiger partial charge in [-0.25, -0.2) is 4.39 Å². The standard InChI is InChI=1S/C18H13BrFNO/c1-21(18(22)15-11-13(20)9-10-16(15)19)17-8-4-6-12-5-2-3-7-14(12)17/h2-11H,1H3. The highest BCUT2D eigenvalue weighted by molar-refractivity contribution is 9.10. The van der Waals surface area contributed by atoms with Crippen LogP contribution in [0.1, 0.15) is 10.4 Å². The van der Waals surface area contributed by atoms with Gasteiger partial charge in [-0.05, 0) is 45.6 Å². The largest absolute Gasteiger partial charge is 0.311 e. The first-order valence-corrected chi connectivity index (χ1v) is 7.58. The molecule has 0 saturated heterocycles. The van der Waals surface area contributed by atoms with Crippen molar-refractivity contribution in [1.82, 2.24) is 0 Å². The maximum Gasteiger partial charge on any atom is 0.259 e. The fourth-order valence-electron chi connectivity index (χ4n) is 2.45. The number of halogens is 2. The summed E-state index contributed by atoms with van der Waals surface area (Å²) in [5.74, 6) is -0.694. The molecule has 0 unspecified atom stereocenters. The van der Waals surface area contributed by atoms with Gasteiger partial charge in [0.25, 0.3) is 5.91 Å². The number of benzene rings is 3. The van der Waals surface area contributed by atoms with E-state index in [1.807, 2.05) is 42.5 Å². The molecule has 3 aromatic carbocycles. The summed E-state index contributed by atoms with van der Waals surface area (Å²) < 4.78 is 14.0. The van der Waals surface area contributed by atoms with Gasteiger partial charge in [-0.3, -0.25) is 4.79 Å². The number of nitrogens with zero attached hydrogens (tertiary/aromatic N) is 1. The quantitative estimate of drug-likeness (QED) is 0.630. The van der Waals surface area contributed by atoms with Crippen LogP contribution in [0.25, 0.3) is 10.8 Å². The summed E-state index contributed by atoms with van der Waals surface area (Å²) in [6.07, 6.45) is 0. The Balaban J connectivity index is 2.07. The number of amides is 1. The molecule has 3 aromatic rings. The zero-order valence-corrected chi connectivity index (χ0v) is 13.5. The predicted octanol–water partition coefficient (Wildman–Crippen LogP) is 5.02. The molecule has 0 aromatic heterocycles. The van der Waals surface area contributed by atoms with Gasteiger partial charge in [-0.2, -0.15) is 0 Å². The van der Waals surface area contributed by atoms with Crippen LogP contribution in [0.3, 0.4) is 0 Å². The van der Waals surface area contributed by atoms with E-state index in [9.17, 15) is 9.18 Å². The van der Waals surface area contributed by atoms with Crippen molar-refractivity contribution in [3.05, 3.63) is 76.5 Å². The molecular formula is C18H13BrFNO. The molecule has 1 amide bonds. The second-order valence-corrected chi connectivity index (χ2v) is 5.84. The monoisotopic (exact) mass is 357 g/mol. The van der Waals surface area contributed by atoms with Crippen LogP contribution in [-0.2, 0) is 0 Å². The molecule has 0 heterocycles. The van der Waals surface area contributed by atoms with Crippen molar-refractivity contribution in [3.8, 4) is 0 Å². The summed E-state index contributed by atoms with van der Waals surface area (Å²) >= 11 is 3.31. The van der Waals surface area contributed by atoms with Crippen LogP contribution < -0.4 is 4.90 Å². The van der Waals surface area contributed by atoms with E-state index in [1.165, 1.54) is 12.1 Å².